The first kappa shape index (κ1) is 15.9. The zero-order valence-electron chi connectivity index (χ0n) is 13.0. The first-order valence-electron chi connectivity index (χ1n) is 7.54. The number of nitro groups is 1. The Labute approximate surface area is 138 Å². The van der Waals surface area contributed by atoms with Gasteiger partial charge in [0, 0.05) is 23.7 Å². The van der Waals surface area contributed by atoms with E-state index in [1.54, 1.807) is 6.92 Å². The Bertz CT molecular complexity index is 806. The van der Waals surface area contributed by atoms with Crippen molar-refractivity contribution in [2.45, 2.75) is 25.5 Å². The second-order valence-corrected chi connectivity index (χ2v) is 5.80. The number of hydrogen-bond acceptors (Lipinski definition) is 4. The number of nitro benzene ring substituents is 1. The highest BCUT2D eigenvalue weighted by atomic mass is 16.6. The number of amides is 2. The molecular formula is C17H17N3O4. The van der Waals surface area contributed by atoms with Gasteiger partial charge in [-0.2, -0.15) is 0 Å². The molecule has 0 bridgehead atoms. The van der Waals surface area contributed by atoms with Gasteiger partial charge in [0.1, 0.15) is 0 Å². The van der Waals surface area contributed by atoms with Crippen LogP contribution in [0.2, 0.25) is 0 Å². The van der Waals surface area contributed by atoms with E-state index in [1.165, 1.54) is 18.2 Å². The number of nitrogens with zero attached hydrogens (tertiary/aromatic N) is 1. The first-order valence-corrected chi connectivity index (χ1v) is 7.54. The third kappa shape index (κ3) is 3.07. The van der Waals surface area contributed by atoms with Crippen LogP contribution in [0.15, 0.2) is 42.5 Å². The first-order chi connectivity index (χ1) is 11.5. The van der Waals surface area contributed by atoms with Crippen LogP contribution in [0.4, 0.5) is 16.2 Å². The number of aliphatic hydroxyl groups is 1. The molecule has 3 rings (SSSR count). The minimum Gasteiger partial charge on any atom is -0.390 e. The second-order valence-electron chi connectivity index (χ2n) is 5.80. The van der Waals surface area contributed by atoms with Gasteiger partial charge >= 0.3 is 6.03 Å². The fraction of sp³-hybridized carbons (Fsp3) is 0.235. The van der Waals surface area contributed by atoms with Crippen LogP contribution in [0.5, 0.6) is 0 Å². The molecule has 7 heteroatoms. The Morgan fingerprint density at radius 3 is 2.75 bits per heavy atom. The van der Waals surface area contributed by atoms with Gasteiger partial charge in [-0.1, -0.05) is 24.3 Å². The lowest BCUT2D eigenvalue weighted by molar-refractivity contribution is -0.385. The molecular weight excluding hydrogens is 310 g/mol. The number of aryl methyl sites for hydroxylation is 1. The summed E-state index contributed by atoms with van der Waals surface area (Å²) in [6, 6.07) is 11.0. The van der Waals surface area contributed by atoms with Crippen molar-refractivity contribution in [2.24, 2.45) is 0 Å². The van der Waals surface area contributed by atoms with Crippen molar-refractivity contribution in [1.82, 2.24) is 5.32 Å². The maximum Gasteiger partial charge on any atom is 0.319 e. The number of anilines is 1. The summed E-state index contributed by atoms with van der Waals surface area (Å²) >= 11 is 0. The SMILES string of the molecule is Cc1cc(NC(=O)N[C@H]2c3ccccc3C[C@H]2O)ccc1[N+](=O)[O-]. The quantitative estimate of drug-likeness (QED) is 0.595. The third-order valence-electron chi connectivity index (χ3n) is 4.14. The van der Waals surface area contributed by atoms with Gasteiger partial charge in [0.25, 0.3) is 5.69 Å². The summed E-state index contributed by atoms with van der Waals surface area (Å²) in [6.45, 7) is 1.61. The molecule has 2 aromatic carbocycles. The number of fused-ring (bicyclic) bond motifs is 1. The van der Waals surface area contributed by atoms with E-state index < -0.39 is 23.1 Å². The summed E-state index contributed by atoms with van der Waals surface area (Å²) in [4.78, 5) is 22.5. The van der Waals surface area contributed by atoms with E-state index >= 15 is 0 Å². The van der Waals surface area contributed by atoms with E-state index in [2.05, 4.69) is 10.6 Å². The fourth-order valence-electron chi connectivity index (χ4n) is 2.99. The van der Waals surface area contributed by atoms with Gasteiger partial charge in [0.15, 0.2) is 0 Å². The topological polar surface area (TPSA) is 104 Å². The van der Waals surface area contributed by atoms with Crippen molar-refractivity contribution < 1.29 is 14.8 Å². The second kappa shape index (κ2) is 6.29. The van der Waals surface area contributed by atoms with Crippen LogP contribution in [0.1, 0.15) is 22.7 Å². The number of benzene rings is 2. The molecule has 24 heavy (non-hydrogen) atoms. The minimum absolute atomic E-state index is 0.00102. The van der Waals surface area contributed by atoms with Crippen molar-refractivity contribution in [3.63, 3.8) is 0 Å². The molecule has 0 unspecified atom stereocenters. The molecule has 0 aromatic heterocycles. The summed E-state index contributed by atoms with van der Waals surface area (Å²) < 4.78 is 0. The highest BCUT2D eigenvalue weighted by Crippen LogP contribution is 2.31. The zero-order chi connectivity index (χ0) is 17.3. The summed E-state index contributed by atoms with van der Waals surface area (Å²) in [5.74, 6) is 0. The Balaban J connectivity index is 1.70. The van der Waals surface area contributed by atoms with Crippen LogP contribution in [0.3, 0.4) is 0 Å². The molecule has 0 heterocycles. The van der Waals surface area contributed by atoms with E-state index in [0.717, 1.165) is 11.1 Å². The lowest BCUT2D eigenvalue weighted by atomic mass is 10.1. The lowest BCUT2D eigenvalue weighted by Gasteiger charge is -2.18. The Hall–Kier alpha value is -2.93. The normalized spacial score (nSPS) is 18.8. The molecule has 0 saturated carbocycles. The standard InChI is InChI=1S/C17H17N3O4/c1-10-8-12(6-7-14(10)20(23)24)18-17(22)19-16-13-5-3-2-4-11(13)9-15(16)21/h2-8,15-16,21H,9H2,1H3,(H2,18,19,22)/t15-,16+/m1/s1. The summed E-state index contributed by atoms with van der Waals surface area (Å²) in [5, 5.41) is 26.4. The maximum absolute atomic E-state index is 12.2. The highest BCUT2D eigenvalue weighted by molar-refractivity contribution is 5.90. The lowest BCUT2D eigenvalue weighted by Crippen LogP contribution is -2.36. The van der Waals surface area contributed by atoms with E-state index in [-0.39, 0.29) is 5.69 Å². The molecule has 2 aromatic rings. The number of urea groups is 1. The molecule has 124 valence electrons. The summed E-state index contributed by atoms with van der Waals surface area (Å²) in [7, 11) is 0. The molecule has 2 amide bonds. The van der Waals surface area contributed by atoms with Gasteiger partial charge in [-0.3, -0.25) is 10.1 Å². The zero-order valence-corrected chi connectivity index (χ0v) is 13.0. The molecule has 0 radical (unpaired) electrons. The van der Waals surface area contributed by atoms with Crippen LogP contribution in [0.25, 0.3) is 0 Å². The Morgan fingerprint density at radius 1 is 1.29 bits per heavy atom. The Kier molecular flexibility index (Phi) is 4.18. The molecule has 2 atom stereocenters. The number of nitrogens with one attached hydrogen (secondary N) is 2. The third-order valence-corrected chi connectivity index (χ3v) is 4.14. The number of carbonyl (C=O) groups is 1. The van der Waals surface area contributed by atoms with Crippen molar-refractivity contribution in [2.75, 3.05) is 5.32 Å². The van der Waals surface area contributed by atoms with Gasteiger partial charge < -0.3 is 15.7 Å². The van der Waals surface area contributed by atoms with Gasteiger partial charge in [-0.05, 0) is 30.2 Å². The van der Waals surface area contributed by atoms with Crippen molar-refractivity contribution >= 4 is 17.4 Å². The van der Waals surface area contributed by atoms with Crippen molar-refractivity contribution in [1.29, 1.82) is 0 Å². The number of hydrogen-bond donors (Lipinski definition) is 3. The van der Waals surface area contributed by atoms with Crippen LogP contribution in [-0.2, 0) is 6.42 Å². The number of carbonyl (C=O) groups excluding carboxylic acids is 1. The fourth-order valence-corrected chi connectivity index (χ4v) is 2.99. The van der Waals surface area contributed by atoms with E-state index in [4.69, 9.17) is 0 Å². The predicted molar refractivity (Wildman–Crippen MR) is 88.9 cm³/mol. The van der Waals surface area contributed by atoms with E-state index in [1.807, 2.05) is 24.3 Å². The average Bonchev–Trinajstić information content (AvgIpc) is 2.83. The maximum atomic E-state index is 12.2. The number of rotatable bonds is 3. The molecule has 0 fully saturated rings. The van der Waals surface area contributed by atoms with Crippen LogP contribution < -0.4 is 10.6 Å². The van der Waals surface area contributed by atoms with E-state index in [9.17, 15) is 20.0 Å². The van der Waals surface area contributed by atoms with Gasteiger partial charge in [-0.25, -0.2) is 4.79 Å². The van der Waals surface area contributed by atoms with Crippen LogP contribution in [0, 0.1) is 17.0 Å². The average molecular weight is 327 g/mol. The van der Waals surface area contributed by atoms with Gasteiger partial charge in [-0.15, -0.1) is 0 Å². The molecule has 0 saturated heterocycles. The van der Waals surface area contributed by atoms with Crippen LogP contribution >= 0.6 is 0 Å². The highest BCUT2D eigenvalue weighted by Gasteiger charge is 2.31. The smallest absolute Gasteiger partial charge is 0.319 e. The molecule has 0 spiro atoms. The molecule has 7 nitrogen and oxygen atoms in total. The molecule has 0 aliphatic heterocycles. The van der Waals surface area contributed by atoms with E-state index in [0.29, 0.717) is 17.7 Å². The summed E-state index contributed by atoms with van der Waals surface area (Å²) in [5.41, 5.74) is 2.84. The van der Waals surface area contributed by atoms with Crippen molar-refractivity contribution in [3.05, 3.63) is 69.3 Å². The molecule has 1 aliphatic rings. The van der Waals surface area contributed by atoms with Gasteiger partial charge in [0.05, 0.1) is 17.1 Å². The molecule has 1 aliphatic carbocycles. The predicted octanol–water partition coefficient (Wildman–Crippen LogP) is 2.68. The summed E-state index contributed by atoms with van der Waals surface area (Å²) in [6.07, 6.45) is -0.177. The largest absolute Gasteiger partial charge is 0.390 e. The molecule has 3 N–H and O–H groups in total. The van der Waals surface area contributed by atoms with Gasteiger partial charge in [0.2, 0.25) is 0 Å². The monoisotopic (exact) mass is 327 g/mol. The minimum atomic E-state index is -0.674. The van der Waals surface area contributed by atoms with Crippen LogP contribution in [-0.4, -0.2) is 22.2 Å². The Morgan fingerprint density at radius 2 is 2.04 bits per heavy atom. The number of aliphatic hydroxyl groups excluding tert-OH is 1. The van der Waals surface area contributed by atoms with Crippen molar-refractivity contribution in [3.8, 4) is 0 Å².